The standard InChI is InChI=1S/C23H20F3N5O4/c24-23(25,26)17-4-2-1-3-16(17)22(34)31-10-5-15(6-11-31)29-21(33)18-19(28-9-8-27-18)30-20(32)14-7-12-35-13-14/h1-4,7-9,12-13,15H,5-6,10-11H2,(H,29,33)(H,28,30,32). The van der Waals surface area contributed by atoms with Crippen LogP contribution in [0, 0.1) is 0 Å². The number of nitrogens with one attached hydrogen (secondary N) is 2. The number of piperidine rings is 1. The van der Waals surface area contributed by atoms with E-state index in [1.165, 1.54) is 48.0 Å². The van der Waals surface area contributed by atoms with Gasteiger partial charge < -0.3 is 20.0 Å². The summed E-state index contributed by atoms with van der Waals surface area (Å²) in [4.78, 5) is 47.2. The monoisotopic (exact) mass is 487 g/mol. The summed E-state index contributed by atoms with van der Waals surface area (Å²) in [6.07, 6.45) is 1.24. The molecule has 0 saturated carbocycles. The van der Waals surface area contributed by atoms with E-state index in [1.807, 2.05) is 0 Å². The van der Waals surface area contributed by atoms with Gasteiger partial charge >= 0.3 is 6.18 Å². The first kappa shape index (κ1) is 23.9. The predicted molar refractivity (Wildman–Crippen MR) is 117 cm³/mol. The van der Waals surface area contributed by atoms with Crippen LogP contribution in [0.2, 0.25) is 0 Å². The van der Waals surface area contributed by atoms with Crippen molar-refractivity contribution in [1.29, 1.82) is 0 Å². The highest BCUT2D eigenvalue weighted by molar-refractivity contribution is 6.07. The summed E-state index contributed by atoms with van der Waals surface area (Å²) in [6.45, 7) is 0.334. The van der Waals surface area contributed by atoms with Gasteiger partial charge in [0.2, 0.25) is 0 Å². The van der Waals surface area contributed by atoms with Gasteiger partial charge in [-0.2, -0.15) is 13.2 Å². The number of likely N-dealkylation sites (tertiary alicyclic amines) is 1. The van der Waals surface area contributed by atoms with Crippen LogP contribution in [-0.4, -0.2) is 51.7 Å². The van der Waals surface area contributed by atoms with Crippen molar-refractivity contribution in [3.05, 3.63) is 77.6 Å². The number of carbonyl (C=O) groups is 3. The Kier molecular flexibility index (Phi) is 6.80. The quantitative estimate of drug-likeness (QED) is 0.570. The third-order valence-corrected chi connectivity index (χ3v) is 5.51. The van der Waals surface area contributed by atoms with Gasteiger partial charge in [0, 0.05) is 31.5 Å². The molecule has 9 nitrogen and oxygen atoms in total. The lowest BCUT2D eigenvalue weighted by molar-refractivity contribution is -0.138. The Labute approximate surface area is 197 Å². The molecule has 0 spiro atoms. The average Bonchev–Trinajstić information content (AvgIpc) is 3.39. The molecule has 2 aromatic heterocycles. The SMILES string of the molecule is O=C(Nc1nccnc1C(=O)NC1CCN(C(=O)c2ccccc2C(F)(F)F)CC1)c1ccoc1. The average molecular weight is 487 g/mol. The second-order valence-electron chi connectivity index (χ2n) is 7.80. The number of hydrogen-bond donors (Lipinski definition) is 2. The highest BCUT2D eigenvalue weighted by Crippen LogP contribution is 2.32. The maximum atomic E-state index is 13.3. The van der Waals surface area contributed by atoms with Gasteiger partial charge in [-0.3, -0.25) is 14.4 Å². The van der Waals surface area contributed by atoms with Crippen LogP contribution in [0.25, 0.3) is 0 Å². The minimum atomic E-state index is -4.64. The van der Waals surface area contributed by atoms with Gasteiger partial charge in [-0.05, 0) is 31.0 Å². The zero-order chi connectivity index (χ0) is 25.0. The van der Waals surface area contributed by atoms with Crippen LogP contribution in [0.15, 0.2) is 59.7 Å². The Morgan fingerprint density at radius 2 is 1.71 bits per heavy atom. The number of nitrogens with zero attached hydrogens (tertiary/aromatic N) is 3. The van der Waals surface area contributed by atoms with E-state index in [0.717, 1.165) is 12.1 Å². The van der Waals surface area contributed by atoms with Crippen LogP contribution in [0.4, 0.5) is 19.0 Å². The van der Waals surface area contributed by atoms with Gasteiger partial charge in [0.25, 0.3) is 17.7 Å². The largest absolute Gasteiger partial charge is 0.472 e. The Morgan fingerprint density at radius 1 is 1.00 bits per heavy atom. The number of hydrogen-bond acceptors (Lipinski definition) is 6. The first-order chi connectivity index (χ1) is 16.7. The molecule has 1 fully saturated rings. The van der Waals surface area contributed by atoms with Crippen LogP contribution in [0.3, 0.4) is 0 Å². The van der Waals surface area contributed by atoms with Crippen LogP contribution < -0.4 is 10.6 Å². The molecule has 4 rings (SSSR count). The number of anilines is 1. The first-order valence-corrected chi connectivity index (χ1v) is 10.6. The summed E-state index contributed by atoms with van der Waals surface area (Å²) >= 11 is 0. The molecule has 1 aliphatic rings. The van der Waals surface area contributed by atoms with Crippen molar-refractivity contribution in [2.45, 2.75) is 25.1 Å². The molecule has 0 atom stereocenters. The van der Waals surface area contributed by atoms with Gasteiger partial charge in [0.05, 0.1) is 23.0 Å². The van der Waals surface area contributed by atoms with Crippen LogP contribution in [0.5, 0.6) is 0 Å². The van der Waals surface area contributed by atoms with Crippen molar-refractivity contribution in [2.24, 2.45) is 0 Å². The summed E-state index contributed by atoms with van der Waals surface area (Å²) in [5, 5.41) is 5.30. The molecule has 3 aromatic rings. The van der Waals surface area contributed by atoms with E-state index in [1.54, 1.807) is 0 Å². The minimum Gasteiger partial charge on any atom is -0.472 e. The second kappa shape index (κ2) is 9.95. The van der Waals surface area contributed by atoms with Crippen LogP contribution in [-0.2, 0) is 6.18 Å². The fraction of sp³-hybridized carbons (Fsp3) is 0.261. The Morgan fingerprint density at radius 3 is 2.40 bits per heavy atom. The number of carbonyl (C=O) groups excluding carboxylic acids is 3. The lowest BCUT2D eigenvalue weighted by Gasteiger charge is -2.33. The van der Waals surface area contributed by atoms with Crippen LogP contribution in [0.1, 0.15) is 49.6 Å². The molecule has 0 unspecified atom stereocenters. The van der Waals surface area contributed by atoms with Crippen molar-refractivity contribution in [2.75, 3.05) is 18.4 Å². The maximum Gasteiger partial charge on any atom is 0.417 e. The van der Waals surface area contributed by atoms with Crippen molar-refractivity contribution < 1.29 is 32.0 Å². The molecule has 1 aliphatic heterocycles. The Bertz CT molecular complexity index is 1220. The number of aromatic nitrogens is 2. The lowest BCUT2D eigenvalue weighted by atomic mass is 10.0. The zero-order valence-corrected chi connectivity index (χ0v) is 18.2. The predicted octanol–water partition coefficient (Wildman–Crippen LogP) is 3.38. The molecule has 2 N–H and O–H groups in total. The Balaban J connectivity index is 1.38. The van der Waals surface area contributed by atoms with E-state index in [0.29, 0.717) is 12.8 Å². The molecule has 182 valence electrons. The van der Waals surface area contributed by atoms with Crippen molar-refractivity contribution in [3.8, 4) is 0 Å². The number of amides is 3. The van der Waals surface area contributed by atoms with Gasteiger partial charge in [-0.1, -0.05) is 12.1 Å². The van der Waals surface area contributed by atoms with Crippen molar-refractivity contribution >= 4 is 23.5 Å². The van der Waals surface area contributed by atoms with Gasteiger partial charge in [0.15, 0.2) is 11.5 Å². The molecule has 1 saturated heterocycles. The first-order valence-electron chi connectivity index (χ1n) is 10.6. The molecule has 0 bridgehead atoms. The highest BCUT2D eigenvalue weighted by Gasteiger charge is 2.36. The molecule has 3 amide bonds. The molecule has 0 aliphatic carbocycles. The molecule has 35 heavy (non-hydrogen) atoms. The molecule has 12 heteroatoms. The molecular formula is C23H20F3N5O4. The van der Waals surface area contributed by atoms with Gasteiger partial charge in [0.1, 0.15) is 6.26 Å². The third kappa shape index (κ3) is 5.48. The Hall–Kier alpha value is -4.22. The fourth-order valence-electron chi connectivity index (χ4n) is 3.74. The fourth-order valence-corrected chi connectivity index (χ4v) is 3.74. The summed E-state index contributed by atoms with van der Waals surface area (Å²) in [7, 11) is 0. The summed E-state index contributed by atoms with van der Waals surface area (Å²) in [5.41, 5.74) is -1.23. The summed E-state index contributed by atoms with van der Waals surface area (Å²) in [6, 6.07) is 5.77. The van der Waals surface area contributed by atoms with E-state index in [-0.39, 0.29) is 36.2 Å². The van der Waals surface area contributed by atoms with Crippen molar-refractivity contribution in [1.82, 2.24) is 20.2 Å². The normalized spacial score (nSPS) is 14.4. The van der Waals surface area contributed by atoms with Gasteiger partial charge in [-0.15, -0.1) is 0 Å². The van der Waals surface area contributed by atoms with E-state index >= 15 is 0 Å². The molecular weight excluding hydrogens is 467 g/mol. The van der Waals surface area contributed by atoms with E-state index in [9.17, 15) is 27.6 Å². The van der Waals surface area contributed by atoms with E-state index in [4.69, 9.17) is 4.42 Å². The summed E-state index contributed by atoms with van der Waals surface area (Å²) < 4.78 is 44.7. The maximum absolute atomic E-state index is 13.3. The molecule has 3 heterocycles. The highest BCUT2D eigenvalue weighted by atomic mass is 19.4. The summed E-state index contributed by atoms with van der Waals surface area (Å²) in [5.74, 6) is -1.85. The number of furan rings is 1. The number of rotatable bonds is 5. The number of benzene rings is 1. The number of halogens is 3. The molecule has 1 aromatic carbocycles. The van der Waals surface area contributed by atoms with Crippen LogP contribution >= 0.6 is 0 Å². The zero-order valence-electron chi connectivity index (χ0n) is 18.2. The van der Waals surface area contributed by atoms with E-state index < -0.39 is 35.0 Å². The van der Waals surface area contributed by atoms with E-state index in [2.05, 4.69) is 20.6 Å². The van der Waals surface area contributed by atoms with Crippen molar-refractivity contribution in [3.63, 3.8) is 0 Å². The minimum absolute atomic E-state index is 0.0347. The topological polar surface area (TPSA) is 117 Å². The molecule has 0 radical (unpaired) electrons. The third-order valence-electron chi connectivity index (χ3n) is 5.51. The van der Waals surface area contributed by atoms with Gasteiger partial charge in [-0.25, -0.2) is 9.97 Å². The lowest BCUT2D eigenvalue weighted by Crippen LogP contribution is -2.47. The number of alkyl halides is 3. The second-order valence-corrected chi connectivity index (χ2v) is 7.80. The smallest absolute Gasteiger partial charge is 0.417 e.